The molecule has 2 aromatic heterocycles. The average molecular weight is 322 g/mol. The fraction of sp³-hybridized carbons (Fsp3) is 0.294. The van der Waals surface area contributed by atoms with E-state index >= 15 is 0 Å². The molecule has 0 radical (unpaired) electrons. The molecule has 7 nitrogen and oxygen atoms in total. The van der Waals surface area contributed by atoms with Gasteiger partial charge in [0.05, 0.1) is 5.69 Å². The van der Waals surface area contributed by atoms with Crippen LogP contribution in [0.2, 0.25) is 0 Å². The van der Waals surface area contributed by atoms with Crippen molar-refractivity contribution in [2.45, 2.75) is 20.3 Å². The highest BCUT2D eigenvalue weighted by atomic mass is 16.1. The van der Waals surface area contributed by atoms with Crippen LogP contribution in [0, 0.1) is 5.41 Å². The molecule has 0 unspecified atom stereocenters. The summed E-state index contributed by atoms with van der Waals surface area (Å²) in [6.07, 6.45) is 3.93. The van der Waals surface area contributed by atoms with Crippen molar-refractivity contribution >= 4 is 5.91 Å². The normalized spacial score (nSPS) is 16.3. The Morgan fingerprint density at radius 3 is 2.71 bits per heavy atom. The van der Waals surface area contributed by atoms with Crippen LogP contribution in [0.1, 0.15) is 30.0 Å². The van der Waals surface area contributed by atoms with Gasteiger partial charge in [-0.1, -0.05) is 13.8 Å². The van der Waals surface area contributed by atoms with E-state index in [1.165, 1.54) is 6.33 Å². The summed E-state index contributed by atoms with van der Waals surface area (Å²) in [6, 6.07) is 7.81. The maximum Gasteiger partial charge on any atom is 0.271 e. The number of hydrogen-bond donors (Lipinski definition) is 2. The Morgan fingerprint density at radius 1 is 1.21 bits per heavy atom. The van der Waals surface area contributed by atoms with E-state index < -0.39 is 0 Å². The molecular weight excluding hydrogens is 304 g/mol. The number of amides is 1. The summed E-state index contributed by atoms with van der Waals surface area (Å²) in [7, 11) is 0. The summed E-state index contributed by atoms with van der Waals surface area (Å²) < 4.78 is 1.69. The van der Waals surface area contributed by atoms with Gasteiger partial charge in [-0.05, 0) is 36.1 Å². The van der Waals surface area contributed by atoms with Crippen molar-refractivity contribution in [1.29, 1.82) is 0 Å². The quantitative estimate of drug-likeness (QED) is 0.755. The van der Waals surface area contributed by atoms with Crippen molar-refractivity contribution in [3.63, 3.8) is 0 Å². The molecule has 1 aromatic carbocycles. The number of fused-ring (bicyclic) bond motifs is 1. The van der Waals surface area contributed by atoms with Crippen LogP contribution in [0.4, 0.5) is 0 Å². The lowest BCUT2D eigenvalue weighted by Crippen LogP contribution is -2.32. The van der Waals surface area contributed by atoms with Crippen molar-refractivity contribution in [3.8, 4) is 17.1 Å². The minimum Gasteiger partial charge on any atom is -0.350 e. The van der Waals surface area contributed by atoms with Crippen LogP contribution in [-0.4, -0.2) is 37.2 Å². The predicted molar refractivity (Wildman–Crippen MR) is 88.8 cm³/mol. The zero-order valence-electron chi connectivity index (χ0n) is 13.6. The maximum atomic E-state index is 12.2. The highest BCUT2D eigenvalue weighted by Gasteiger charge is 2.29. The topological polar surface area (TPSA) is 88.5 Å². The molecule has 0 saturated carbocycles. The Bertz CT molecular complexity index is 876. The summed E-state index contributed by atoms with van der Waals surface area (Å²) in [5.74, 6) is 0.593. The zero-order valence-corrected chi connectivity index (χ0v) is 13.6. The molecule has 7 heteroatoms. The molecule has 2 N–H and O–H groups in total. The van der Waals surface area contributed by atoms with Crippen LogP contribution < -0.4 is 5.32 Å². The largest absolute Gasteiger partial charge is 0.350 e. The minimum absolute atomic E-state index is 0.00165. The van der Waals surface area contributed by atoms with Crippen molar-refractivity contribution in [2.24, 2.45) is 5.41 Å². The van der Waals surface area contributed by atoms with Gasteiger partial charge in [0.25, 0.3) is 5.91 Å². The second-order valence-corrected chi connectivity index (χ2v) is 6.82. The minimum atomic E-state index is -0.114. The van der Waals surface area contributed by atoms with E-state index in [4.69, 9.17) is 0 Å². The van der Waals surface area contributed by atoms with Gasteiger partial charge in [0.15, 0.2) is 0 Å². The third-order valence-electron chi connectivity index (χ3n) is 4.20. The van der Waals surface area contributed by atoms with Crippen LogP contribution in [0.3, 0.4) is 0 Å². The molecule has 1 aliphatic heterocycles. The first kappa shape index (κ1) is 14.6. The van der Waals surface area contributed by atoms with E-state index in [0.717, 1.165) is 23.4 Å². The van der Waals surface area contributed by atoms with E-state index in [9.17, 15) is 4.79 Å². The molecule has 0 atom stereocenters. The number of nitrogens with one attached hydrogen (secondary N) is 2. The van der Waals surface area contributed by atoms with Crippen molar-refractivity contribution in [3.05, 3.63) is 48.3 Å². The monoisotopic (exact) mass is 322 g/mol. The number of carbonyl (C=O) groups excluding carboxylic acids is 1. The number of hydrogen-bond acceptors (Lipinski definition) is 4. The van der Waals surface area contributed by atoms with Crippen molar-refractivity contribution in [2.75, 3.05) is 6.54 Å². The van der Waals surface area contributed by atoms with Gasteiger partial charge < -0.3 is 10.3 Å². The average Bonchev–Trinajstić information content (AvgIpc) is 3.20. The highest BCUT2D eigenvalue weighted by molar-refractivity contribution is 5.94. The van der Waals surface area contributed by atoms with Gasteiger partial charge >= 0.3 is 0 Å². The first-order chi connectivity index (χ1) is 11.5. The van der Waals surface area contributed by atoms with Gasteiger partial charge in [-0.2, -0.15) is 5.10 Å². The SMILES string of the molecule is CC1(C)CNC(=O)c2nc(-c3ccc(-n4cncn4)cc3)[nH]c2C1. The molecule has 24 heavy (non-hydrogen) atoms. The number of benzene rings is 1. The number of nitrogens with zero attached hydrogens (tertiary/aromatic N) is 4. The van der Waals surface area contributed by atoms with E-state index in [0.29, 0.717) is 18.1 Å². The molecule has 1 amide bonds. The molecular formula is C17H18N6O. The summed E-state index contributed by atoms with van der Waals surface area (Å²) in [4.78, 5) is 24.0. The standard InChI is InChI=1S/C17H18N6O/c1-17(2)7-13-14(16(24)19-8-17)22-15(21-13)11-3-5-12(6-4-11)23-10-18-9-20-23/h3-6,9-10H,7-8H2,1-2H3,(H,19,24)(H,21,22). The fourth-order valence-corrected chi connectivity index (χ4v) is 2.92. The lowest BCUT2D eigenvalue weighted by Gasteiger charge is -2.21. The highest BCUT2D eigenvalue weighted by Crippen LogP contribution is 2.27. The van der Waals surface area contributed by atoms with Crippen LogP contribution in [0.15, 0.2) is 36.9 Å². The summed E-state index contributed by atoms with van der Waals surface area (Å²) in [5, 5.41) is 7.05. The third kappa shape index (κ3) is 2.58. The summed E-state index contributed by atoms with van der Waals surface area (Å²) >= 11 is 0. The van der Waals surface area contributed by atoms with Crippen LogP contribution in [-0.2, 0) is 6.42 Å². The number of carbonyl (C=O) groups is 1. The van der Waals surface area contributed by atoms with Crippen molar-refractivity contribution in [1.82, 2.24) is 30.0 Å². The Kier molecular flexibility index (Phi) is 3.23. The molecule has 0 aliphatic carbocycles. The number of rotatable bonds is 2. The Hall–Kier alpha value is -2.96. The molecule has 0 bridgehead atoms. The number of H-pyrrole nitrogens is 1. The predicted octanol–water partition coefficient (Wildman–Crippen LogP) is 1.97. The maximum absolute atomic E-state index is 12.2. The van der Waals surface area contributed by atoms with E-state index in [1.807, 2.05) is 24.3 Å². The molecule has 3 heterocycles. The molecule has 4 rings (SSSR count). The number of aromatic nitrogens is 5. The van der Waals surface area contributed by atoms with Crippen LogP contribution >= 0.6 is 0 Å². The molecule has 3 aromatic rings. The lowest BCUT2D eigenvalue weighted by molar-refractivity contribution is 0.0940. The number of aromatic amines is 1. The second-order valence-electron chi connectivity index (χ2n) is 6.82. The van der Waals surface area contributed by atoms with Gasteiger partial charge in [-0.15, -0.1) is 0 Å². The van der Waals surface area contributed by atoms with Crippen molar-refractivity contribution < 1.29 is 4.79 Å². The lowest BCUT2D eigenvalue weighted by atomic mass is 9.88. The van der Waals surface area contributed by atoms with Gasteiger partial charge in [-0.3, -0.25) is 4.79 Å². The molecule has 1 aliphatic rings. The second kappa shape index (κ2) is 5.30. The molecule has 0 saturated heterocycles. The first-order valence-electron chi connectivity index (χ1n) is 7.84. The van der Waals surface area contributed by atoms with E-state index in [2.05, 4.69) is 39.2 Å². The summed E-state index contributed by atoms with van der Waals surface area (Å²) in [5.41, 5.74) is 3.24. The van der Waals surface area contributed by atoms with Gasteiger partial charge in [0, 0.05) is 17.8 Å². The fourth-order valence-electron chi connectivity index (χ4n) is 2.92. The van der Waals surface area contributed by atoms with Gasteiger partial charge in [-0.25, -0.2) is 14.6 Å². The van der Waals surface area contributed by atoms with Crippen LogP contribution in [0.5, 0.6) is 0 Å². The third-order valence-corrected chi connectivity index (χ3v) is 4.20. The van der Waals surface area contributed by atoms with E-state index in [-0.39, 0.29) is 11.3 Å². The zero-order chi connectivity index (χ0) is 16.7. The van der Waals surface area contributed by atoms with Crippen LogP contribution in [0.25, 0.3) is 17.1 Å². The number of imidazole rings is 1. The first-order valence-corrected chi connectivity index (χ1v) is 7.84. The van der Waals surface area contributed by atoms with E-state index in [1.54, 1.807) is 11.0 Å². The molecule has 0 spiro atoms. The summed E-state index contributed by atoms with van der Waals surface area (Å²) in [6.45, 7) is 4.92. The molecule has 0 fully saturated rings. The Balaban J connectivity index is 1.68. The van der Waals surface area contributed by atoms with Gasteiger partial charge in [0.2, 0.25) is 0 Å². The Labute approximate surface area is 139 Å². The Morgan fingerprint density at radius 2 is 2.00 bits per heavy atom. The van der Waals surface area contributed by atoms with Gasteiger partial charge in [0.1, 0.15) is 24.2 Å². The molecule has 122 valence electrons. The smallest absolute Gasteiger partial charge is 0.271 e.